The number of ether oxygens (including phenoxy) is 2. The van der Waals surface area contributed by atoms with Gasteiger partial charge in [-0.05, 0) is 39.3 Å². The summed E-state index contributed by atoms with van der Waals surface area (Å²) in [6, 6.07) is 4.00. The number of rotatable bonds is 5. The van der Waals surface area contributed by atoms with Crippen molar-refractivity contribution in [1.29, 1.82) is 0 Å². The first-order valence-electron chi connectivity index (χ1n) is 6.93. The third-order valence-corrected chi connectivity index (χ3v) is 3.11. The van der Waals surface area contributed by atoms with Crippen LogP contribution in [0.3, 0.4) is 0 Å². The molecule has 0 saturated carbocycles. The van der Waals surface area contributed by atoms with Crippen LogP contribution in [0.25, 0.3) is 0 Å². The summed E-state index contributed by atoms with van der Waals surface area (Å²) in [5.41, 5.74) is 1.14. The summed E-state index contributed by atoms with van der Waals surface area (Å²) in [7, 11) is 0. The second-order valence-electron chi connectivity index (χ2n) is 6.13. The Morgan fingerprint density at radius 1 is 1.42 bits per heavy atom. The normalized spacial score (nSPS) is 19.6. The van der Waals surface area contributed by atoms with Crippen LogP contribution in [0, 0.1) is 5.92 Å². The molecule has 4 nitrogen and oxygen atoms in total. The SMILES string of the molecule is CC(C)(C)NCc1ccc(OCC2CCOC2)cn1. The highest BCUT2D eigenvalue weighted by Gasteiger charge is 2.16. The minimum atomic E-state index is 0.110. The molecule has 0 aromatic carbocycles. The van der Waals surface area contributed by atoms with Gasteiger partial charge in [-0.2, -0.15) is 0 Å². The summed E-state index contributed by atoms with van der Waals surface area (Å²) in [5, 5.41) is 3.41. The third kappa shape index (κ3) is 5.17. The molecule has 0 spiro atoms. The average molecular weight is 264 g/mol. The van der Waals surface area contributed by atoms with E-state index >= 15 is 0 Å². The molecule has 1 aromatic heterocycles. The van der Waals surface area contributed by atoms with Gasteiger partial charge in [0, 0.05) is 24.6 Å². The summed E-state index contributed by atoms with van der Waals surface area (Å²) >= 11 is 0. The van der Waals surface area contributed by atoms with Gasteiger partial charge in [-0.15, -0.1) is 0 Å². The van der Waals surface area contributed by atoms with Crippen LogP contribution in [0.2, 0.25) is 0 Å². The van der Waals surface area contributed by atoms with Crippen LogP contribution in [-0.4, -0.2) is 30.3 Å². The van der Waals surface area contributed by atoms with Gasteiger partial charge < -0.3 is 14.8 Å². The minimum absolute atomic E-state index is 0.110. The van der Waals surface area contributed by atoms with Gasteiger partial charge in [0.1, 0.15) is 5.75 Å². The van der Waals surface area contributed by atoms with Crippen molar-refractivity contribution in [3.05, 3.63) is 24.0 Å². The van der Waals surface area contributed by atoms with Crippen LogP contribution >= 0.6 is 0 Å². The number of hydrogen-bond acceptors (Lipinski definition) is 4. The van der Waals surface area contributed by atoms with E-state index in [1.807, 2.05) is 12.1 Å². The predicted molar refractivity (Wildman–Crippen MR) is 75.3 cm³/mol. The fourth-order valence-corrected chi connectivity index (χ4v) is 1.89. The van der Waals surface area contributed by atoms with Gasteiger partial charge in [-0.1, -0.05) is 0 Å². The van der Waals surface area contributed by atoms with Gasteiger partial charge >= 0.3 is 0 Å². The fourth-order valence-electron chi connectivity index (χ4n) is 1.89. The highest BCUT2D eigenvalue weighted by atomic mass is 16.5. The summed E-state index contributed by atoms with van der Waals surface area (Å²) < 4.78 is 11.1. The first-order valence-corrected chi connectivity index (χ1v) is 6.93. The smallest absolute Gasteiger partial charge is 0.137 e. The Hall–Kier alpha value is -1.13. The van der Waals surface area contributed by atoms with Gasteiger partial charge in [-0.3, -0.25) is 4.98 Å². The van der Waals surface area contributed by atoms with Crippen molar-refractivity contribution >= 4 is 0 Å². The number of pyridine rings is 1. The molecule has 2 heterocycles. The quantitative estimate of drug-likeness (QED) is 0.887. The molecule has 1 aliphatic rings. The molecule has 106 valence electrons. The Bertz CT molecular complexity index is 378. The van der Waals surface area contributed by atoms with Crippen molar-refractivity contribution in [2.75, 3.05) is 19.8 Å². The van der Waals surface area contributed by atoms with E-state index in [9.17, 15) is 0 Å². The summed E-state index contributed by atoms with van der Waals surface area (Å²) in [4.78, 5) is 4.41. The van der Waals surface area contributed by atoms with Gasteiger partial charge in [0.2, 0.25) is 0 Å². The largest absolute Gasteiger partial charge is 0.492 e. The van der Waals surface area contributed by atoms with Crippen LogP contribution in [0.5, 0.6) is 5.75 Å². The first kappa shape index (κ1) is 14.3. The minimum Gasteiger partial charge on any atom is -0.492 e. The summed E-state index contributed by atoms with van der Waals surface area (Å²) in [5.74, 6) is 1.37. The molecule has 1 unspecified atom stereocenters. The zero-order valence-electron chi connectivity index (χ0n) is 12.1. The van der Waals surface area contributed by atoms with E-state index in [-0.39, 0.29) is 5.54 Å². The van der Waals surface area contributed by atoms with Crippen LogP contribution < -0.4 is 10.1 Å². The maximum Gasteiger partial charge on any atom is 0.137 e. The lowest BCUT2D eigenvalue weighted by molar-refractivity contribution is 0.167. The lowest BCUT2D eigenvalue weighted by Crippen LogP contribution is -2.35. The zero-order chi connectivity index (χ0) is 13.7. The molecule has 1 atom stereocenters. The molecule has 0 amide bonds. The van der Waals surface area contributed by atoms with Crippen molar-refractivity contribution in [3.63, 3.8) is 0 Å². The van der Waals surface area contributed by atoms with E-state index in [0.717, 1.165) is 44.2 Å². The maximum atomic E-state index is 5.73. The summed E-state index contributed by atoms with van der Waals surface area (Å²) in [6.07, 6.45) is 2.90. The second-order valence-corrected chi connectivity index (χ2v) is 6.13. The Kier molecular flexibility index (Phi) is 4.77. The van der Waals surface area contributed by atoms with Crippen LogP contribution in [-0.2, 0) is 11.3 Å². The maximum absolute atomic E-state index is 5.73. The lowest BCUT2D eigenvalue weighted by Gasteiger charge is -2.20. The predicted octanol–water partition coefficient (Wildman–Crippen LogP) is 2.39. The third-order valence-electron chi connectivity index (χ3n) is 3.11. The van der Waals surface area contributed by atoms with E-state index in [0.29, 0.717) is 5.92 Å². The van der Waals surface area contributed by atoms with Crippen molar-refractivity contribution in [2.45, 2.75) is 39.3 Å². The van der Waals surface area contributed by atoms with Gasteiger partial charge in [0.25, 0.3) is 0 Å². The molecule has 4 heteroatoms. The van der Waals surface area contributed by atoms with E-state index in [1.54, 1.807) is 6.20 Å². The summed E-state index contributed by atoms with van der Waals surface area (Å²) in [6.45, 7) is 9.63. The second kappa shape index (κ2) is 6.35. The first-order chi connectivity index (χ1) is 9.03. The highest BCUT2D eigenvalue weighted by Crippen LogP contribution is 2.16. The van der Waals surface area contributed by atoms with Gasteiger partial charge in [0.05, 0.1) is 25.1 Å². The molecule has 0 bridgehead atoms. The Labute approximate surface area is 115 Å². The van der Waals surface area contributed by atoms with Crippen LogP contribution in [0.1, 0.15) is 32.9 Å². The Morgan fingerprint density at radius 2 is 2.26 bits per heavy atom. The molecule has 2 rings (SSSR count). The standard InChI is InChI=1S/C15H24N2O2/c1-15(2,3)17-8-13-4-5-14(9-16-13)19-11-12-6-7-18-10-12/h4-5,9,12,17H,6-8,10-11H2,1-3H3. The van der Waals surface area contributed by atoms with Crippen molar-refractivity contribution < 1.29 is 9.47 Å². The number of hydrogen-bond donors (Lipinski definition) is 1. The monoisotopic (exact) mass is 264 g/mol. The molecule has 1 aliphatic heterocycles. The molecule has 0 radical (unpaired) electrons. The molecular formula is C15H24N2O2. The lowest BCUT2D eigenvalue weighted by atomic mass is 10.1. The van der Waals surface area contributed by atoms with E-state index in [1.165, 1.54) is 0 Å². The van der Waals surface area contributed by atoms with Crippen LogP contribution in [0.15, 0.2) is 18.3 Å². The number of nitrogens with one attached hydrogen (secondary N) is 1. The molecule has 0 aliphatic carbocycles. The molecule has 1 N–H and O–H groups in total. The van der Waals surface area contributed by atoms with Gasteiger partial charge in [-0.25, -0.2) is 0 Å². The molecule has 19 heavy (non-hydrogen) atoms. The Balaban J connectivity index is 1.77. The zero-order valence-corrected chi connectivity index (χ0v) is 12.1. The topological polar surface area (TPSA) is 43.4 Å². The van der Waals surface area contributed by atoms with Crippen LogP contribution in [0.4, 0.5) is 0 Å². The van der Waals surface area contributed by atoms with Crippen molar-refractivity contribution in [3.8, 4) is 5.75 Å². The average Bonchev–Trinajstić information content (AvgIpc) is 2.87. The molecule has 1 aromatic rings. The number of nitrogens with zero attached hydrogens (tertiary/aromatic N) is 1. The molecule has 1 saturated heterocycles. The van der Waals surface area contributed by atoms with E-state index < -0.39 is 0 Å². The van der Waals surface area contributed by atoms with E-state index in [4.69, 9.17) is 9.47 Å². The molecular weight excluding hydrogens is 240 g/mol. The number of aromatic nitrogens is 1. The van der Waals surface area contributed by atoms with Crippen molar-refractivity contribution in [1.82, 2.24) is 10.3 Å². The molecule has 1 fully saturated rings. The Morgan fingerprint density at radius 3 is 2.84 bits per heavy atom. The van der Waals surface area contributed by atoms with E-state index in [2.05, 4.69) is 31.1 Å². The van der Waals surface area contributed by atoms with Crippen molar-refractivity contribution in [2.24, 2.45) is 5.92 Å². The van der Waals surface area contributed by atoms with Gasteiger partial charge in [0.15, 0.2) is 0 Å². The highest BCUT2D eigenvalue weighted by molar-refractivity contribution is 5.19. The fraction of sp³-hybridized carbons (Fsp3) is 0.667.